The molecule has 0 radical (unpaired) electrons. The van der Waals surface area contributed by atoms with Crippen LogP contribution in [0.2, 0.25) is 0 Å². The van der Waals surface area contributed by atoms with Gasteiger partial charge in [0.1, 0.15) is 11.5 Å². The molecule has 18 heavy (non-hydrogen) atoms. The third-order valence-corrected chi connectivity index (χ3v) is 2.66. The van der Waals surface area contributed by atoms with Crippen LogP contribution >= 0.6 is 0 Å². The largest absolute Gasteiger partial charge is 0.496 e. The van der Waals surface area contributed by atoms with E-state index in [4.69, 9.17) is 9.47 Å². The Balaban J connectivity index is 2.96. The number of carbonyl (C=O) groups is 1. The molecule has 0 atom stereocenters. The Morgan fingerprint density at radius 1 is 1.28 bits per heavy atom. The van der Waals surface area contributed by atoms with Crippen LogP contribution in [-0.2, 0) is 11.2 Å². The van der Waals surface area contributed by atoms with Crippen LogP contribution in [0.4, 0.5) is 0 Å². The average Bonchev–Trinajstić information content (AvgIpc) is 2.28. The fourth-order valence-electron chi connectivity index (χ4n) is 1.92. The van der Waals surface area contributed by atoms with E-state index in [0.717, 1.165) is 16.9 Å². The molecule has 1 rings (SSSR count). The number of methoxy groups -OCH3 is 2. The fraction of sp³-hybridized carbons (Fsp3) is 0.500. The van der Waals surface area contributed by atoms with Gasteiger partial charge in [-0.3, -0.25) is 4.79 Å². The van der Waals surface area contributed by atoms with Crippen LogP contribution in [0.1, 0.15) is 25.0 Å². The molecule has 100 valence electrons. The third-order valence-electron chi connectivity index (χ3n) is 2.66. The predicted molar refractivity (Wildman–Crippen MR) is 71.3 cm³/mol. The summed E-state index contributed by atoms with van der Waals surface area (Å²) in [7, 11) is 3.22. The Morgan fingerprint density at radius 2 is 1.94 bits per heavy atom. The lowest BCUT2D eigenvalue weighted by molar-refractivity contribution is -0.120. The summed E-state index contributed by atoms with van der Waals surface area (Å²) in [5.41, 5.74) is 1.78. The first-order valence-corrected chi connectivity index (χ1v) is 5.99. The molecule has 1 aromatic rings. The van der Waals surface area contributed by atoms with Crippen molar-refractivity contribution in [2.75, 3.05) is 14.2 Å². The first-order chi connectivity index (χ1) is 8.49. The van der Waals surface area contributed by atoms with Gasteiger partial charge in [0.15, 0.2) is 0 Å². The minimum Gasteiger partial charge on any atom is -0.496 e. The van der Waals surface area contributed by atoms with E-state index in [1.807, 2.05) is 32.9 Å². The van der Waals surface area contributed by atoms with Gasteiger partial charge in [0.2, 0.25) is 5.91 Å². The highest BCUT2D eigenvalue weighted by Crippen LogP contribution is 2.31. The van der Waals surface area contributed by atoms with Crippen LogP contribution in [0, 0.1) is 6.92 Å². The summed E-state index contributed by atoms with van der Waals surface area (Å²) in [5.74, 6) is 1.47. The van der Waals surface area contributed by atoms with E-state index >= 15 is 0 Å². The molecule has 4 heteroatoms. The topological polar surface area (TPSA) is 47.6 Å². The minimum absolute atomic E-state index is 0.00660. The van der Waals surface area contributed by atoms with E-state index in [9.17, 15) is 4.79 Å². The Kier molecular flexibility index (Phi) is 5.01. The molecule has 4 nitrogen and oxygen atoms in total. The number of amides is 1. The van der Waals surface area contributed by atoms with Gasteiger partial charge in [0, 0.05) is 17.2 Å². The van der Waals surface area contributed by atoms with Crippen LogP contribution < -0.4 is 14.8 Å². The average molecular weight is 251 g/mol. The quantitative estimate of drug-likeness (QED) is 0.871. The summed E-state index contributed by atoms with van der Waals surface area (Å²) < 4.78 is 10.6. The van der Waals surface area contributed by atoms with Gasteiger partial charge in [0.25, 0.3) is 0 Å². The molecule has 0 saturated carbocycles. The maximum atomic E-state index is 11.8. The summed E-state index contributed by atoms with van der Waals surface area (Å²) >= 11 is 0. The molecule has 0 unspecified atom stereocenters. The van der Waals surface area contributed by atoms with Gasteiger partial charge < -0.3 is 14.8 Å². The van der Waals surface area contributed by atoms with E-state index in [1.165, 1.54) is 0 Å². The highest BCUT2D eigenvalue weighted by molar-refractivity contribution is 5.80. The maximum absolute atomic E-state index is 11.8. The maximum Gasteiger partial charge on any atom is 0.224 e. The summed E-state index contributed by atoms with van der Waals surface area (Å²) in [5, 5.41) is 2.86. The van der Waals surface area contributed by atoms with E-state index in [2.05, 4.69) is 5.32 Å². The minimum atomic E-state index is -0.00660. The van der Waals surface area contributed by atoms with E-state index in [1.54, 1.807) is 14.2 Å². The Morgan fingerprint density at radius 3 is 2.44 bits per heavy atom. The molecule has 0 saturated heterocycles. The van der Waals surface area contributed by atoms with Gasteiger partial charge in [0.05, 0.1) is 20.6 Å². The summed E-state index contributed by atoms with van der Waals surface area (Å²) in [6.07, 6.45) is 0.312. The van der Waals surface area contributed by atoms with Gasteiger partial charge in [-0.2, -0.15) is 0 Å². The lowest BCUT2D eigenvalue weighted by Gasteiger charge is -2.15. The van der Waals surface area contributed by atoms with Crippen LogP contribution in [0.15, 0.2) is 12.1 Å². The third kappa shape index (κ3) is 3.39. The van der Waals surface area contributed by atoms with Gasteiger partial charge in [-0.1, -0.05) is 6.07 Å². The van der Waals surface area contributed by atoms with Crippen LogP contribution in [-0.4, -0.2) is 26.2 Å². The molecular weight excluding hydrogens is 230 g/mol. The zero-order valence-corrected chi connectivity index (χ0v) is 11.7. The highest BCUT2D eigenvalue weighted by Gasteiger charge is 2.14. The second-order valence-corrected chi connectivity index (χ2v) is 4.48. The molecule has 1 amide bonds. The fourth-order valence-corrected chi connectivity index (χ4v) is 1.92. The Hall–Kier alpha value is -1.71. The first kappa shape index (κ1) is 14.4. The molecule has 0 aliphatic heterocycles. The molecule has 0 heterocycles. The molecule has 1 aromatic carbocycles. The lowest BCUT2D eigenvalue weighted by atomic mass is 10.1. The van der Waals surface area contributed by atoms with E-state index < -0.39 is 0 Å². The van der Waals surface area contributed by atoms with E-state index in [0.29, 0.717) is 12.2 Å². The van der Waals surface area contributed by atoms with Crippen molar-refractivity contribution < 1.29 is 14.3 Å². The van der Waals surface area contributed by atoms with Crippen molar-refractivity contribution in [2.45, 2.75) is 33.2 Å². The van der Waals surface area contributed by atoms with Gasteiger partial charge >= 0.3 is 0 Å². The zero-order chi connectivity index (χ0) is 13.7. The number of hydrogen-bond acceptors (Lipinski definition) is 3. The van der Waals surface area contributed by atoms with Crippen molar-refractivity contribution in [3.8, 4) is 11.5 Å². The van der Waals surface area contributed by atoms with Crippen LogP contribution in [0.5, 0.6) is 11.5 Å². The second kappa shape index (κ2) is 6.28. The lowest BCUT2D eigenvalue weighted by Crippen LogP contribution is -2.31. The number of rotatable bonds is 5. The van der Waals surface area contributed by atoms with E-state index in [-0.39, 0.29) is 11.9 Å². The molecule has 0 fully saturated rings. The second-order valence-electron chi connectivity index (χ2n) is 4.48. The SMILES string of the molecule is COc1ccc(CC(=O)NC(C)C)c(OC)c1C. The Bertz CT molecular complexity index is 427. The molecule has 1 N–H and O–H groups in total. The number of benzene rings is 1. The number of hydrogen-bond donors (Lipinski definition) is 1. The van der Waals surface area contributed by atoms with Crippen molar-refractivity contribution >= 4 is 5.91 Å². The monoisotopic (exact) mass is 251 g/mol. The Labute approximate surface area is 108 Å². The molecule has 0 aliphatic carbocycles. The molecule has 0 bridgehead atoms. The predicted octanol–water partition coefficient (Wildman–Crippen LogP) is 2.08. The highest BCUT2D eigenvalue weighted by atomic mass is 16.5. The summed E-state index contributed by atoms with van der Waals surface area (Å²) in [4.78, 5) is 11.8. The van der Waals surface area contributed by atoms with Crippen molar-refractivity contribution in [1.29, 1.82) is 0 Å². The standard InChI is InChI=1S/C14H21NO3/c1-9(2)15-13(16)8-11-6-7-12(17-4)10(3)14(11)18-5/h6-7,9H,8H2,1-5H3,(H,15,16). The first-order valence-electron chi connectivity index (χ1n) is 5.99. The summed E-state index contributed by atoms with van der Waals surface area (Å²) in [6.45, 7) is 5.80. The number of ether oxygens (including phenoxy) is 2. The zero-order valence-electron chi connectivity index (χ0n) is 11.7. The molecule has 0 aromatic heterocycles. The molecule has 0 aliphatic rings. The van der Waals surface area contributed by atoms with Crippen molar-refractivity contribution in [1.82, 2.24) is 5.32 Å². The van der Waals surface area contributed by atoms with Gasteiger partial charge in [-0.05, 0) is 26.8 Å². The van der Waals surface area contributed by atoms with Crippen LogP contribution in [0.25, 0.3) is 0 Å². The van der Waals surface area contributed by atoms with Crippen LogP contribution in [0.3, 0.4) is 0 Å². The molecule has 0 spiro atoms. The smallest absolute Gasteiger partial charge is 0.224 e. The van der Waals surface area contributed by atoms with Gasteiger partial charge in [-0.25, -0.2) is 0 Å². The van der Waals surface area contributed by atoms with Crippen molar-refractivity contribution in [3.05, 3.63) is 23.3 Å². The number of carbonyl (C=O) groups excluding carboxylic acids is 1. The molecular formula is C14H21NO3. The van der Waals surface area contributed by atoms with Crippen molar-refractivity contribution in [2.24, 2.45) is 0 Å². The normalized spacial score (nSPS) is 10.3. The van der Waals surface area contributed by atoms with Gasteiger partial charge in [-0.15, -0.1) is 0 Å². The summed E-state index contributed by atoms with van der Waals surface area (Å²) in [6, 6.07) is 3.86. The van der Waals surface area contributed by atoms with Crippen molar-refractivity contribution in [3.63, 3.8) is 0 Å². The number of nitrogens with one attached hydrogen (secondary N) is 1.